The summed E-state index contributed by atoms with van der Waals surface area (Å²) in [6.07, 6.45) is 8.66. The van der Waals surface area contributed by atoms with Crippen LogP contribution in [0.25, 0.3) is 0 Å². The lowest BCUT2D eigenvalue weighted by atomic mass is 10.2. The Morgan fingerprint density at radius 3 is 2.65 bits per heavy atom. The monoisotopic (exact) mass is 271 g/mol. The van der Waals surface area contributed by atoms with Crippen LogP contribution in [-0.4, -0.2) is 38.8 Å². The fourth-order valence-electron chi connectivity index (χ4n) is 1.84. The van der Waals surface area contributed by atoms with Crippen molar-refractivity contribution in [1.82, 2.24) is 19.9 Å². The van der Waals surface area contributed by atoms with E-state index in [4.69, 9.17) is 5.73 Å². The van der Waals surface area contributed by atoms with Crippen molar-refractivity contribution in [3.63, 3.8) is 0 Å². The summed E-state index contributed by atoms with van der Waals surface area (Å²) in [5.74, 6) is -0.0945. The van der Waals surface area contributed by atoms with Crippen LogP contribution >= 0.6 is 0 Å². The second-order valence-electron chi connectivity index (χ2n) is 4.36. The predicted molar refractivity (Wildman–Crippen MR) is 74.7 cm³/mol. The molecule has 0 fully saturated rings. The molecule has 0 unspecified atom stereocenters. The highest BCUT2D eigenvalue weighted by atomic mass is 16.2. The van der Waals surface area contributed by atoms with Gasteiger partial charge in [-0.25, -0.2) is 9.97 Å². The second kappa shape index (κ2) is 7.30. The van der Waals surface area contributed by atoms with Crippen LogP contribution in [0.3, 0.4) is 0 Å². The molecule has 20 heavy (non-hydrogen) atoms. The van der Waals surface area contributed by atoms with Gasteiger partial charge in [0.2, 0.25) is 0 Å². The van der Waals surface area contributed by atoms with Gasteiger partial charge < -0.3 is 10.6 Å². The predicted octanol–water partition coefficient (Wildman–Crippen LogP) is 0.863. The van der Waals surface area contributed by atoms with Crippen molar-refractivity contribution in [2.75, 3.05) is 13.1 Å². The first-order valence-corrected chi connectivity index (χ1v) is 6.44. The fraction of sp³-hybridized carbons (Fsp3) is 0.286. The van der Waals surface area contributed by atoms with Crippen molar-refractivity contribution in [2.24, 2.45) is 5.73 Å². The number of amides is 1. The number of carbonyl (C=O) groups is 1. The van der Waals surface area contributed by atoms with Crippen LogP contribution in [0.2, 0.25) is 0 Å². The molecular weight excluding hydrogens is 254 g/mol. The number of hydrogen-bond donors (Lipinski definition) is 1. The average Bonchev–Trinajstić information content (AvgIpc) is 2.52. The molecule has 0 aromatic carbocycles. The van der Waals surface area contributed by atoms with Gasteiger partial charge in [-0.3, -0.25) is 9.78 Å². The molecule has 0 saturated heterocycles. The minimum absolute atomic E-state index is 0.0945. The van der Waals surface area contributed by atoms with Crippen molar-refractivity contribution in [1.29, 1.82) is 0 Å². The Hall–Kier alpha value is -2.34. The van der Waals surface area contributed by atoms with Crippen molar-refractivity contribution in [3.05, 3.63) is 54.4 Å². The summed E-state index contributed by atoms with van der Waals surface area (Å²) in [4.78, 5) is 26.0. The van der Waals surface area contributed by atoms with Crippen molar-refractivity contribution >= 4 is 5.91 Å². The highest BCUT2D eigenvalue weighted by Gasteiger charge is 2.16. The van der Waals surface area contributed by atoms with E-state index in [-0.39, 0.29) is 5.91 Å². The van der Waals surface area contributed by atoms with Crippen LogP contribution in [0.4, 0.5) is 0 Å². The van der Waals surface area contributed by atoms with Crippen molar-refractivity contribution in [3.8, 4) is 0 Å². The lowest BCUT2D eigenvalue weighted by Gasteiger charge is -2.22. The van der Waals surface area contributed by atoms with Gasteiger partial charge in [0.1, 0.15) is 6.33 Å². The number of nitrogens with zero attached hydrogens (tertiary/aromatic N) is 4. The van der Waals surface area contributed by atoms with Gasteiger partial charge in [-0.1, -0.05) is 6.07 Å². The third-order valence-electron chi connectivity index (χ3n) is 2.82. The number of carbonyl (C=O) groups excluding carboxylic acids is 1. The molecule has 0 saturated carbocycles. The first-order valence-electron chi connectivity index (χ1n) is 6.44. The van der Waals surface area contributed by atoms with Crippen LogP contribution in [-0.2, 0) is 6.54 Å². The molecule has 0 spiro atoms. The molecule has 2 aromatic heterocycles. The van der Waals surface area contributed by atoms with E-state index >= 15 is 0 Å². The van der Waals surface area contributed by atoms with E-state index in [0.717, 1.165) is 12.0 Å². The van der Waals surface area contributed by atoms with E-state index in [0.29, 0.717) is 25.2 Å². The third-order valence-corrected chi connectivity index (χ3v) is 2.82. The molecule has 2 rings (SSSR count). The molecular formula is C14H17N5O. The summed E-state index contributed by atoms with van der Waals surface area (Å²) in [6, 6.07) is 3.80. The summed E-state index contributed by atoms with van der Waals surface area (Å²) in [5, 5.41) is 0. The molecule has 0 aliphatic carbocycles. The van der Waals surface area contributed by atoms with Gasteiger partial charge >= 0.3 is 0 Å². The van der Waals surface area contributed by atoms with Crippen LogP contribution in [0.5, 0.6) is 0 Å². The molecule has 104 valence electrons. The van der Waals surface area contributed by atoms with Crippen LogP contribution in [0.15, 0.2) is 43.2 Å². The Kier molecular flexibility index (Phi) is 5.14. The molecule has 2 N–H and O–H groups in total. The molecule has 6 heteroatoms. The van der Waals surface area contributed by atoms with Crippen LogP contribution < -0.4 is 5.73 Å². The zero-order valence-electron chi connectivity index (χ0n) is 11.1. The number of rotatable bonds is 6. The third kappa shape index (κ3) is 3.83. The number of nitrogens with two attached hydrogens (primary N) is 1. The number of pyridine rings is 1. The normalized spacial score (nSPS) is 10.2. The Labute approximate surface area is 117 Å². The minimum atomic E-state index is -0.0945. The zero-order chi connectivity index (χ0) is 14.2. The van der Waals surface area contributed by atoms with E-state index in [9.17, 15) is 4.79 Å². The van der Waals surface area contributed by atoms with Crippen LogP contribution in [0, 0.1) is 0 Å². The molecule has 2 aromatic rings. The second-order valence-corrected chi connectivity index (χ2v) is 4.36. The molecule has 0 aliphatic rings. The van der Waals surface area contributed by atoms with E-state index in [1.165, 1.54) is 18.7 Å². The fourth-order valence-corrected chi connectivity index (χ4v) is 1.84. The van der Waals surface area contributed by atoms with Gasteiger partial charge in [0.05, 0.1) is 5.56 Å². The first kappa shape index (κ1) is 14.1. The van der Waals surface area contributed by atoms with E-state index in [2.05, 4.69) is 15.0 Å². The number of aromatic nitrogens is 3. The summed E-state index contributed by atoms with van der Waals surface area (Å²) < 4.78 is 0. The molecule has 6 nitrogen and oxygen atoms in total. The average molecular weight is 271 g/mol. The maximum atomic E-state index is 12.4. The quantitative estimate of drug-likeness (QED) is 0.842. The summed E-state index contributed by atoms with van der Waals surface area (Å²) in [6.45, 7) is 1.64. The van der Waals surface area contributed by atoms with E-state index in [1.54, 1.807) is 17.3 Å². The maximum Gasteiger partial charge on any atom is 0.257 e. The molecule has 0 bridgehead atoms. The summed E-state index contributed by atoms with van der Waals surface area (Å²) in [7, 11) is 0. The van der Waals surface area contributed by atoms with Gasteiger partial charge in [-0.05, 0) is 24.6 Å². The Morgan fingerprint density at radius 2 is 2.00 bits per heavy atom. The van der Waals surface area contributed by atoms with E-state index < -0.39 is 0 Å². The molecule has 0 aliphatic heterocycles. The van der Waals surface area contributed by atoms with Gasteiger partial charge in [0.25, 0.3) is 5.91 Å². The van der Waals surface area contributed by atoms with Gasteiger partial charge in [0.15, 0.2) is 0 Å². The van der Waals surface area contributed by atoms with E-state index in [1.807, 2.05) is 12.1 Å². The first-order chi connectivity index (χ1) is 9.81. The minimum Gasteiger partial charge on any atom is -0.334 e. The standard InChI is InChI=1S/C14H17N5O/c15-4-2-6-19(10-12-3-1-5-16-7-12)14(20)13-8-17-11-18-9-13/h1,3,5,7-9,11H,2,4,6,10,15H2. The highest BCUT2D eigenvalue weighted by molar-refractivity contribution is 5.93. The SMILES string of the molecule is NCCCN(Cc1cccnc1)C(=O)c1cncnc1. The van der Waals surface area contributed by atoms with Gasteiger partial charge in [0, 0.05) is 37.9 Å². The maximum absolute atomic E-state index is 12.4. The summed E-state index contributed by atoms with van der Waals surface area (Å²) >= 11 is 0. The molecule has 0 atom stereocenters. The summed E-state index contributed by atoms with van der Waals surface area (Å²) in [5.41, 5.74) is 7.00. The molecule has 2 heterocycles. The lowest BCUT2D eigenvalue weighted by Crippen LogP contribution is -2.32. The van der Waals surface area contributed by atoms with Crippen molar-refractivity contribution in [2.45, 2.75) is 13.0 Å². The number of hydrogen-bond acceptors (Lipinski definition) is 5. The van der Waals surface area contributed by atoms with Crippen molar-refractivity contribution < 1.29 is 4.79 Å². The Balaban J connectivity index is 2.13. The zero-order valence-corrected chi connectivity index (χ0v) is 11.1. The lowest BCUT2D eigenvalue weighted by molar-refractivity contribution is 0.0741. The van der Waals surface area contributed by atoms with Gasteiger partial charge in [-0.2, -0.15) is 0 Å². The highest BCUT2D eigenvalue weighted by Crippen LogP contribution is 2.08. The largest absolute Gasteiger partial charge is 0.334 e. The Morgan fingerprint density at radius 1 is 1.20 bits per heavy atom. The topological polar surface area (TPSA) is 85.0 Å². The van der Waals surface area contributed by atoms with Crippen LogP contribution in [0.1, 0.15) is 22.3 Å². The van der Waals surface area contributed by atoms with Gasteiger partial charge in [-0.15, -0.1) is 0 Å². The Bertz CT molecular complexity index is 532. The molecule has 1 amide bonds. The smallest absolute Gasteiger partial charge is 0.257 e. The molecule has 0 radical (unpaired) electrons.